The zero-order valence-corrected chi connectivity index (χ0v) is 16.2. The van der Waals surface area contributed by atoms with Crippen LogP contribution >= 0.6 is 0 Å². The summed E-state index contributed by atoms with van der Waals surface area (Å²) in [5, 5.41) is 3.03. The first kappa shape index (κ1) is 19.4. The van der Waals surface area contributed by atoms with Crippen molar-refractivity contribution in [3.8, 4) is 0 Å². The van der Waals surface area contributed by atoms with Crippen LogP contribution < -0.4 is 11.1 Å². The van der Waals surface area contributed by atoms with Crippen LogP contribution in [0.4, 0.5) is 17.6 Å². The van der Waals surface area contributed by atoms with E-state index in [1.165, 1.54) is 6.26 Å². The molecule has 8 nitrogen and oxygen atoms in total. The molecule has 2 aromatic carbocycles. The van der Waals surface area contributed by atoms with Crippen LogP contribution in [0, 0.1) is 6.92 Å². The van der Waals surface area contributed by atoms with Crippen molar-refractivity contribution in [2.45, 2.75) is 18.4 Å². The summed E-state index contributed by atoms with van der Waals surface area (Å²) in [5.41, 5.74) is 7.89. The number of rotatable bonds is 6. The van der Waals surface area contributed by atoms with Crippen molar-refractivity contribution in [1.82, 2.24) is 15.0 Å². The molecule has 3 aromatic rings. The molecule has 0 radical (unpaired) electrons. The van der Waals surface area contributed by atoms with E-state index in [0.717, 1.165) is 11.3 Å². The van der Waals surface area contributed by atoms with Gasteiger partial charge in [0.05, 0.1) is 21.3 Å². The number of nitrogens with two attached hydrogens (primary N) is 1. The fourth-order valence-electron chi connectivity index (χ4n) is 2.42. The summed E-state index contributed by atoms with van der Waals surface area (Å²) in [6.45, 7) is 1.79. The van der Waals surface area contributed by atoms with Crippen molar-refractivity contribution in [2.24, 2.45) is 0 Å². The van der Waals surface area contributed by atoms with Crippen molar-refractivity contribution in [1.29, 1.82) is 0 Å². The molecule has 1 aromatic heterocycles. The summed E-state index contributed by atoms with van der Waals surface area (Å²) < 4.78 is 17.0. The van der Waals surface area contributed by atoms with Gasteiger partial charge in [-0.1, -0.05) is 29.8 Å². The van der Waals surface area contributed by atoms with Crippen LogP contribution in [0.25, 0.3) is 0 Å². The van der Waals surface area contributed by atoms with E-state index < -0.39 is 16.8 Å². The normalized spacial score (nSPS) is 11.6. The van der Waals surface area contributed by atoms with E-state index in [0.29, 0.717) is 4.90 Å². The molecule has 9 heteroatoms. The molecule has 0 saturated heterocycles. The van der Waals surface area contributed by atoms with Gasteiger partial charge < -0.3 is 15.8 Å². The maximum Gasteiger partial charge on any atom is 0.339 e. The molecule has 0 spiro atoms. The van der Waals surface area contributed by atoms with Gasteiger partial charge >= 0.3 is 5.97 Å². The molecule has 1 atom stereocenters. The Morgan fingerprint density at radius 2 is 1.82 bits per heavy atom. The van der Waals surface area contributed by atoms with Gasteiger partial charge in [0, 0.05) is 11.9 Å². The van der Waals surface area contributed by atoms with Gasteiger partial charge in [0.1, 0.15) is 0 Å². The number of carbonyl (C=O) groups excluding carboxylic acids is 1. The van der Waals surface area contributed by atoms with E-state index in [2.05, 4.69) is 20.3 Å². The van der Waals surface area contributed by atoms with Crippen LogP contribution in [0.3, 0.4) is 0 Å². The number of hydrogen-bond donors (Lipinski definition) is 2. The largest absolute Gasteiger partial charge is 0.454 e. The number of benzene rings is 2. The van der Waals surface area contributed by atoms with E-state index in [1.807, 2.05) is 31.2 Å². The predicted octanol–water partition coefficient (Wildman–Crippen LogP) is 2.60. The number of esters is 1. The van der Waals surface area contributed by atoms with Crippen LogP contribution in [0.5, 0.6) is 0 Å². The minimum Gasteiger partial charge on any atom is -0.454 e. The number of carbonyl (C=O) groups is 1. The highest BCUT2D eigenvalue weighted by molar-refractivity contribution is 7.84. The molecule has 0 aliphatic carbocycles. The molecular weight excluding hydrogens is 378 g/mol. The lowest BCUT2D eigenvalue weighted by Crippen LogP contribution is -2.12. The van der Waals surface area contributed by atoms with Gasteiger partial charge in [-0.15, -0.1) is 0 Å². The van der Waals surface area contributed by atoms with Gasteiger partial charge in [-0.2, -0.15) is 15.0 Å². The van der Waals surface area contributed by atoms with E-state index in [9.17, 15) is 9.00 Å². The number of nitrogens with one attached hydrogen (secondary N) is 1. The maximum atomic E-state index is 12.4. The van der Waals surface area contributed by atoms with Gasteiger partial charge in [-0.3, -0.25) is 4.21 Å². The number of ether oxygens (including phenoxy) is 1. The van der Waals surface area contributed by atoms with Crippen LogP contribution in [-0.4, -0.2) is 31.4 Å². The van der Waals surface area contributed by atoms with Gasteiger partial charge in [-0.05, 0) is 31.2 Å². The molecule has 0 amide bonds. The number of anilines is 3. The Morgan fingerprint density at radius 3 is 2.54 bits per heavy atom. The molecule has 0 saturated carbocycles. The van der Waals surface area contributed by atoms with Crippen molar-refractivity contribution < 1.29 is 13.7 Å². The zero-order chi connectivity index (χ0) is 20.1. The molecule has 28 heavy (non-hydrogen) atoms. The van der Waals surface area contributed by atoms with Crippen LogP contribution in [0.1, 0.15) is 21.7 Å². The summed E-state index contributed by atoms with van der Waals surface area (Å²) in [4.78, 5) is 25.0. The Morgan fingerprint density at radius 1 is 1.11 bits per heavy atom. The molecule has 3 N–H and O–H groups in total. The first-order valence-electron chi connectivity index (χ1n) is 8.36. The average Bonchev–Trinajstić information content (AvgIpc) is 2.67. The lowest BCUT2D eigenvalue weighted by Gasteiger charge is -2.09. The van der Waals surface area contributed by atoms with Gasteiger partial charge in [0.25, 0.3) is 0 Å². The molecule has 0 bridgehead atoms. The van der Waals surface area contributed by atoms with Crippen LogP contribution in [0.2, 0.25) is 0 Å². The molecule has 0 fully saturated rings. The highest BCUT2D eigenvalue weighted by atomic mass is 32.2. The summed E-state index contributed by atoms with van der Waals surface area (Å²) >= 11 is 0. The van der Waals surface area contributed by atoms with E-state index in [-0.39, 0.29) is 29.9 Å². The smallest absolute Gasteiger partial charge is 0.339 e. The number of aryl methyl sites for hydroxylation is 1. The monoisotopic (exact) mass is 397 g/mol. The first-order chi connectivity index (χ1) is 13.4. The molecule has 0 aliphatic rings. The summed E-state index contributed by atoms with van der Waals surface area (Å²) in [7, 11) is -1.31. The van der Waals surface area contributed by atoms with Crippen molar-refractivity contribution in [2.75, 3.05) is 17.3 Å². The van der Waals surface area contributed by atoms with Crippen molar-refractivity contribution in [3.63, 3.8) is 0 Å². The Kier molecular flexibility index (Phi) is 5.95. The van der Waals surface area contributed by atoms with Crippen molar-refractivity contribution in [3.05, 3.63) is 65.5 Å². The van der Waals surface area contributed by atoms with Gasteiger partial charge in [0.2, 0.25) is 11.9 Å². The molecule has 1 heterocycles. The molecule has 0 aliphatic heterocycles. The minimum absolute atomic E-state index is 0.00530. The fourth-order valence-corrected chi connectivity index (χ4v) is 3.15. The van der Waals surface area contributed by atoms with Gasteiger partial charge in [-0.25, -0.2) is 4.79 Å². The topological polar surface area (TPSA) is 120 Å². The lowest BCUT2D eigenvalue weighted by atomic mass is 10.2. The Balaban J connectivity index is 1.72. The van der Waals surface area contributed by atoms with Crippen LogP contribution in [0.15, 0.2) is 53.4 Å². The average molecular weight is 397 g/mol. The molecule has 0 unspecified atom stereocenters. The Hall–Kier alpha value is -3.33. The fraction of sp³-hybridized carbons (Fsp3) is 0.158. The van der Waals surface area contributed by atoms with Gasteiger partial charge in [0.15, 0.2) is 12.4 Å². The number of aromatic nitrogens is 3. The third-order valence-electron chi connectivity index (χ3n) is 3.76. The third-order valence-corrected chi connectivity index (χ3v) is 4.73. The second-order valence-corrected chi connectivity index (χ2v) is 7.30. The highest BCUT2D eigenvalue weighted by Gasteiger charge is 2.16. The first-order valence-corrected chi connectivity index (χ1v) is 9.92. The molecular formula is C19H19N5O3S. The predicted molar refractivity (Wildman–Crippen MR) is 107 cm³/mol. The van der Waals surface area contributed by atoms with E-state index in [4.69, 9.17) is 10.5 Å². The standard InChI is InChI=1S/C19H19N5O3S/c1-12-7-9-13(10-8-12)21-19-23-16(22-18(20)24-19)11-27-17(25)14-5-3-4-6-15(14)28(2)26/h3-10H,11H2,1-2H3,(H3,20,21,22,23,24)/t28-/m0/s1. The summed E-state index contributed by atoms with van der Waals surface area (Å²) in [5.74, 6) is -0.161. The maximum absolute atomic E-state index is 12.4. The summed E-state index contributed by atoms with van der Waals surface area (Å²) in [6.07, 6.45) is 1.50. The van der Waals surface area contributed by atoms with E-state index >= 15 is 0 Å². The zero-order valence-electron chi connectivity index (χ0n) is 15.4. The molecule has 144 valence electrons. The highest BCUT2D eigenvalue weighted by Crippen LogP contribution is 2.16. The number of nitrogens with zero attached hydrogens (tertiary/aromatic N) is 3. The quantitative estimate of drug-likeness (QED) is 0.609. The SMILES string of the molecule is Cc1ccc(Nc2nc(N)nc(COC(=O)c3ccccc3[S@](C)=O)n2)cc1. The second-order valence-electron chi connectivity index (χ2n) is 5.95. The lowest BCUT2D eigenvalue weighted by molar-refractivity contribution is 0.0458. The van der Waals surface area contributed by atoms with Crippen LogP contribution in [-0.2, 0) is 22.1 Å². The third kappa shape index (κ3) is 4.89. The second kappa shape index (κ2) is 8.57. The minimum atomic E-state index is -1.31. The number of hydrogen-bond acceptors (Lipinski definition) is 8. The number of nitrogen functional groups attached to an aromatic ring is 1. The summed E-state index contributed by atoms with van der Waals surface area (Å²) in [6, 6.07) is 14.2. The van der Waals surface area contributed by atoms with E-state index in [1.54, 1.807) is 24.3 Å². The Labute approximate surface area is 164 Å². The Bertz CT molecular complexity index is 1020. The molecule has 3 rings (SSSR count). The van der Waals surface area contributed by atoms with Crippen molar-refractivity contribution >= 4 is 34.4 Å².